The molecule has 0 aliphatic carbocycles. The lowest BCUT2D eigenvalue weighted by Crippen LogP contribution is -2.36. The lowest BCUT2D eigenvalue weighted by molar-refractivity contribution is 0.122. The lowest BCUT2D eigenvalue weighted by atomic mass is 9.97. The van der Waals surface area contributed by atoms with Crippen LogP contribution in [0.25, 0.3) is 22.3 Å². The van der Waals surface area contributed by atoms with Gasteiger partial charge in [-0.3, -0.25) is 9.98 Å². The molecule has 1 aliphatic heterocycles. The molecule has 0 N–H and O–H groups in total. The number of aromatic nitrogens is 3. The second-order valence-electron chi connectivity index (χ2n) is 8.28. The summed E-state index contributed by atoms with van der Waals surface area (Å²) in [5.41, 5.74) is 7.02. The van der Waals surface area contributed by atoms with Gasteiger partial charge in [0.2, 0.25) is 0 Å². The van der Waals surface area contributed by atoms with Crippen molar-refractivity contribution >= 4 is 22.9 Å². The van der Waals surface area contributed by atoms with Crippen molar-refractivity contribution in [1.29, 1.82) is 0 Å². The van der Waals surface area contributed by atoms with Gasteiger partial charge in [0.05, 0.1) is 30.6 Å². The summed E-state index contributed by atoms with van der Waals surface area (Å²) in [5.74, 6) is -0.330. The molecule has 4 rings (SSSR count). The minimum Gasteiger partial charge on any atom is -0.378 e. The van der Waals surface area contributed by atoms with Crippen molar-refractivity contribution in [3.8, 4) is 11.3 Å². The number of allylic oxidation sites excluding steroid dienone is 3. The monoisotopic (exact) mass is 445 g/mol. The third-order valence-corrected chi connectivity index (χ3v) is 5.79. The van der Waals surface area contributed by atoms with Crippen molar-refractivity contribution < 1.29 is 9.13 Å². The molecule has 7 heteroatoms. The smallest absolute Gasteiger partial charge is 0.132 e. The highest BCUT2D eigenvalue weighted by Crippen LogP contribution is 2.31. The minimum absolute atomic E-state index is 0.330. The Balaban J connectivity index is 1.76. The molecule has 0 saturated carbocycles. The molecule has 0 amide bonds. The lowest BCUT2D eigenvalue weighted by Gasteiger charge is -2.28. The summed E-state index contributed by atoms with van der Waals surface area (Å²) in [6.45, 7) is 12.6. The predicted octanol–water partition coefficient (Wildman–Crippen LogP) is 5.07. The van der Waals surface area contributed by atoms with E-state index in [1.54, 1.807) is 24.6 Å². The number of pyridine rings is 1. The number of fused-ring (bicyclic) bond motifs is 1. The van der Waals surface area contributed by atoms with Crippen LogP contribution in [-0.4, -0.2) is 47.5 Å². The van der Waals surface area contributed by atoms with Gasteiger partial charge in [0.25, 0.3) is 0 Å². The van der Waals surface area contributed by atoms with Crippen molar-refractivity contribution in [3.63, 3.8) is 0 Å². The number of aliphatic imine (C=N–C) groups is 1. The summed E-state index contributed by atoms with van der Waals surface area (Å²) in [4.78, 5) is 20.2. The molecule has 0 unspecified atom stereocenters. The first-order valence-electron chi connectivity index (χ1n) is 11.0. The zero-order chi connectivity index (χ0) is 23.4. The highest BCUT2D eigenvalue weighted by Gasteiger charge is 2.18. The molecule has 0 bridgehead atoms. The van der Waals surface area contributed by atoms with E-state index in [-0.39, 0.29) is 5.82 Å². The molecular formula is C26H28FN5O. The molecule has 170 valence electrons. The average molecular weight is 446 g/mol. The quantitative estimate of drug-likeness (QED) is 0.496. The van der Waals surface area contributed by atoms with Crippen LogP contribution in [0.1, 0.15) is 25.0 Å². The first kappa shape index (κ1) is 22.7. The topological polar surface area (TPSA) is 63.5 Å². The van der Waals surface area contributed by atoms with E-state index in [9.17, 15) is 0 Å². The van der Waals surface area contributed by atoms with Gasteiger partial charge in [-0.15, -0.1) is 0 Å². The van der Waals surface area contributed by atoms with Crippen LogP contribution < -0.4 is 4.90 Å². The Bertz CT molecular complexity index is 1240. The normalized spacial score (nSPS) is 14.1. The van der Waals surface area contributed by atoms with Gasteiger partial charge in [-0.05, 0) is 50.1 Å². The number of hydrogen-bond acceptors (Lipinski definition) is 6. The van der Waals surface area contributed by atoms with Crippen molar-refractivity contribution in [2.24, 2.45) is 4.99 Å². The standard InChI is InChI=1S/C26H28FN5O/c1-5-6-28-23(17(2)3)13-19-12-21(22(27)11-18(19)4)25-26-24(30-16-31-25)14-20(15-29-26)32-7-9-33-10-8-32/h5-6,11-12,14-16H,1,7-10,13H2,2-4H3/b28-6-. The number of aryl methyl sites for hydroxylation is 1. The molecule has 0 spiro atoms. The molecule has 0 radical (unpaired) electrons. The van der Waals surface area contributed by atoms with Gasteiger partial charge >= 0.3 is 0 Å². The van der Waals surface area contributed by atoms with Crippen LogP contribution in [0.3, 0.4) is 0 Å². The molecule has 1 aromatic carbocycles. The second-order valence-corrected chi connectivity index (χ2v) is 8.28. The number of rotatable bonds is 6. The zero-order valence-electron chi connectivity index (χ0n) is 19.3. The highest BCUT2D eigenvalue weighted by atomic mass is 19.1. The summed E-state index contributed by atoms with van der Waals surface area (Å²) >= 11 is 0. The van der Waals surface area contributed by atoms with E-state index in [1.807, 2.05) is 32.9 Å². The van der Waals surface area contributed by atoms with Crippen molar-refractivity contribution in [2.75, 3.05) is 31.2 Å². The van der Waals surface area contributed by atoms with Crippen molar-refractivity contribution in [2.45, 2.75) is 27.2 Å². The first-order valence-corrected chi connectivity index (χ1v) is 11.0. The number of halogens is 1. The van der Waals surface area contributed by atoms with Gasteiger partial charge in [-0.25, -0.2) is 14.4 Å². The Morgan fingerprint density at radius 3 is 2.70 bits per heavy atom. The van der Waals surface area contributed by atoms with Gasteiger partial charge in [0.15, 0.2) is 0 Å². The molecule has 1 aliphatic rings. The first-order chi connectivity index (χ1) is 16.0. The summed E-state index contributed by atoms with van der Waals surface area (Å²) in [5, 5.41) is 0. The summed E-state index contributed by atoms with van der Waals surface area (Å²) in [6, 6.07) is 5.40. The highest BCUT2D eigenvalue weighted by molar-refractivity contribution is 5.90. The maximum atomic E-state index is 15.1. The third-order valence-electron chi connectivity index (χ3n) is 5.79. The van der Waals surface area contributed by atoms with Crippen LogP contribution in [0, 0.1) is 12.7 Å². The maximum absolute atomic E-state index is 15.1. The molecule has 1 fully saturated rings. The predicted molar refractivity (Wildman–Crippen MR) is 131 cm³/mol. The van der Waals surface area contributed by atoms with Crippen LogP contribution in [0.4, 0.5) is 10.1 Å². The Kier molecular flexibility index (Phi) is 6.89. The molecule has 6 nitrogen and oxygen atoms in total. The fourth-order valence-corrected chi connectivity index (χ4v) is 3.89. The fraction of sp³-hybridized carbons (Fsp3) is 0.308. The SMILES string of the molecule is C=C/C=N\C(Cc1cc(-c2ncnc3cc(N4CCOCC4)cnc23)c(F)cc1C)=C(C)C. The molecule has 2 aromatic heterocycles. The van der Waals surface area contributed by atoms with Gasteiger partial charge in [0.1, 0.15) is 23.4 Å². The van der Waals surface area contributed by atoms with Crippen LogP contribution >= 0.6 is 0 Å². The van der Waals surface area contributed by atoms with E-state index >= 15 is 4.39 Å². The Morgan fingerprint density at radius 1 is 1.18 bits per heavy atom. The molecule has 1 saturated heterocycles. The van der Waals surface area contributed by atoms with E-state index in [1.165, 1.54) is 6.33 Å². The van der Waals surface area contributed by atoms with Crippen molar-refractivity contribution in [1.82, 2.24) is 15.0 Å². The third kappa shape index (κ3) is 4.98. The molecule has 3 aromatic rings. The van der Waals surface area contributed by atoms with E-state index in [2.05, 4.69) is 31.4 Å². The van der Waals surface area contributed by atoms with Crippen LogP contribution in [0.5, 0.6) is 0 Å². The fourth-order valence-electron chi connectivity index (χ4n) is 3.89. The number of benzene rings is 1. The second kappa shape index (κ2) is 10.0. The summed E-state index contributed by atoms with van der Waals surface area (Å²) < 4.78 is 20.6. The van der Waals surface area contributed by atoms with Gasteiger partial charge in [-0.1, -0.05) is 18.2 Å². The number of anilines is 1. The molecule has 3 heterocycles. The molecular weight excluding hydrogens is 417 g/mol. The van der Waals surface area contributed by atoms with E-state index < -0.39 is 0 Å². The van der Waals surface area contributed by atoms with Crippen molar-refractivity contribution in [3.05, 3.63) is 71.6 Å². The van der Waals surface area contributed by atoms with Gasteiger partial charge < -0.3 is 9.64 Å². The van der Waals surface area contributed by atoms with Crippen LogP contribution in [0.2, 0.25) is 0 Å². The molecule has 33 heavy (non-hydrogen) atoms. The zero-order valence-corrected chi connectivity index (χ0v) is 19.3. The summed E-state index contributed by atoms with van der Waals surface area (Å²) in [7, 11) is 0. The van der Waals surface area contributed by atoms with E-state index in [0.717, 1.165) is 41.2 Å². The van der Waals surface area contributed by atoms with Gasteiger partial charge in [-0.2, -0.15) is 0 Å². The Morgan fingerprint density at radius 2 is 1.97 bits per heavy atom. The van der Waals surface area contributed by atoms with E-state index in [0.29, 0.717) is 41.9 Å². The summed E-state index contributed by atoms with van der Waals surface area (Å²) in [6.07, 6.45) is 7.19. The number of hydrogen-bond donors (Lipinski definition) is 0. The van der Waals surface area contributed by atoms with Crippen LogP contribution in [0.15, 0.2) is 59.6 Å². The maximum Gasteiger partial charge on any atom is 0.132 e. The Labute approximate surface area is 193 Å². The van der Waals surface area contributed by atoms with Gasteiger partial charge in [0, 0.05) is 37.0 Å². The average Bonchev–Trinajstić information content (AvgIpc) is 2.82. The number of ether oxygens (including phenoxy) is 1. The van der Waals surface area contributed by atoms with E-state index in [4.69, 9.17) is 4.74 Å². The number of nitrogens with zero attached hydrogens (tertiary/aromatic N) is 5. The minimum atomic E-state index is -0.330. The molecule has 0 atom stereocenters. The Hall–Kier alpha value is -3.45. The largest absolute Gasteiger partial charge is 0.378 e. The number of morpholine rings is 1. The van der Waals surface area contributed by atoms with Crippen LogP contribution in [-0.2, 0) is 11.2 Å².